The first-order chi connectivity index (χ1) is 12.8. The predicted molar refractivity (Wildman–Crippen MR) is 106 cm³/mol. The van der Waals surface area contributed by atoms with Gasteiger partial charge in [-0.1, -0.05) is 25.6 Å². The van der Waals surface area contributed by atoms with E-state index in [1.165, 1.54) is 28.8 Å². The van der Waals surface area contributed by atoms with Crippen LogP contribution >= 0.6 is 11.8 Å². The maximum absolute atomic E-state index is 12.9. The number of carbonyl (C=O) groups excluding carboxylic acids is 2. The number of hydrogen-bond donors (Lipinski definition) is 1. The van der Waals surface area contributed by atoms with E-state index in [9.17, 15) is 18.0 Å². The van der Waals surface area contributed by atoms with Crippen molar-refractivity contribution in [3.8, 4) is 0 Å². The smallest absolute Gasteiger partial charge is 0.282 e. The molecule has 27 heavy (non-hydrogen) atoms. The molecule has 148 valence electrons. The van der Waals surface area contributed by atoms with Gasteiger partial charge in [0.1, 0.15) is 6.54 Å². The molecule has 0 aliphatic carbocycles. The Labute approximate surface area is 164 Å². The summed E-state index contributed by atoms with van der Waals surface area (Å²) in [6.45, 7) is 5.79. The summed E-state index contributed by atoms with van der Waals surface area (Å²) in [5, 5.41) is 2.62. The lowest BCUT2D eigenvalue weighted by atomic mass is 9.94. The van der Waals surface area contributed by atoms with Crippen LogP contribution in [-0.2, 0) is 14.8 Å². The van der Waals surface area contributed by atoms with Gasteiger partial charge in [0.2, 0.25) is 15.9 Å². The van der Waals surface area contributed by atoms with Crippen LogP contribution in [0.15, 0.2) is 29.2 Å². The van der Waals surface area contributed by atoms with Crippen LogP contribution in [0.1, 0.15) is 20.3 Å². The molecule has 0 bridgehead atoms. The number of benzene rings is 1. The minimum absolute atomic E-state index is 0.00936. The molecule has 2 amide bonds. The van der Waals surface area contributed by atoms with Crippen LogP contribution in [0.25, 0.3) is 0 Å². The second-order valence-corrected chi connectivity index (χ2v) is 10.4. The minimum atomic E-state index is -3.53. The third kappa shape index (κ3) is 4.83. The molecule has 2 saturated heterocycles. The number of thioether (sulfide) groups is 1. The lowest BCUT2D eigenvalue weighted by Crippen LogP contribution is -2.42. The summed E-state index contributed by atoms with van der Waals surface area (Å²) in [5.74, 6) is 1.09. The lowest BCUT2D eigenvalue weighted by Gasteiger charge is -2.34. The molecule has 2 atom stereocenters. The fourth-order valence-corrected chi connectivity index (χ4v) is 6.11. The quantitative estimate of drug-likeness (QED) is 0.804. The number of amides is 2. The Bertz CT molecular complexity index is 800. The third-order valence-corrected chi connectivity index (χ3v) is 7.53. The minimum Gasteiger partial charge on any atom is -0.325 e. The summed E-state index contributed by atoms with van der Waals surface area (Å²) in [6.07, 6.45) is 1.04. The van der Waals surface area contributed by atoms with Crippen molar-refractivity contribution in [2.45, 2.75) is 25.2 Å². The molecule has 2 aliphatic rings. The van der Waals surface area contributed by atoms with Gasteiger partial charge in [-0.25, -0.2) is 8.42 Å². The van der Waals surface area contributed by atoms with E-state index in [0.29, 0.717) is 42.9 Å². The van der Waals surface area contributed by atoms with E-state index < -0.39 is 10.0 Å². The zero-order valence-corrected chi connectivity index (χ0v) is 17.2. The average molecular weight is 412 g/mol. The number of nitrogens with zero attached hydrogens (tertiary/aromatic N) is 2. The number of carbonyl (C=O) groups is 2. The highest BCUT2D eigenvalue weighted by Gasteiger charge is 2.31. The van der Waals surface area contributed by atoms with E-state index in [0.717, 1.165) is 6.42 Å². The predicted octanol–water partition coefficient (Wildman–Crippen LogP) is 2.46. The second kappa shape index (κ2) is 8.20. The van der Waals surface area contributed by atoms with Crippen molar-refractivity contribution < 1.29 is 18.0 Å². The van der Waals surface area contributed by atoms with Crippen LogP contribution in [0.4, 0.5) is 10.5 Å². The monoisotopic (exact) mass is 411 g/mol. The van der Waals surface area contributed by atoms with Crippen LogP contribution in [0.5, 0.6) is 0 Å². The van der Waals surface area contributed by atoms with E-state index in [1.807, 2.05) is 0 Å². The molecule has 0 unspecified atom stereocenters. The second-order valence-electron chi connectivity index (χ2n) is 7.38. The highest BCUT2D eigenvalue weighted by Crippen LogP contribution is 2.27. The van der Waals surface area contributed by atoms with Crippen LogP contribution < -0.4 is 5.32 Å². The lowest BCUT2D eigenvalue weighted by molar-refractivity contribution is -0.116. The maximum atomic E-state index is 12.9. The van der Waals surface area contributed by atoms with Crippen molar-refractivity contribution >= 4 is 38.6 Å². The number of piperidine rings is 1. The molecule has 2 fully saturated rings. The summed E-state index contributed by atoms with van der Waals surface area (Å²) in [7, 11) is -3.53. The van der Waals surface area contributed by atoms with Crippen molar-refractivity contribution in [3.05, 3.63) is 24.3 Å². The van der Waals surface area contributed by atoms with Gasteiger partial charge in [0.15, 0.2) is 0 Å². The van der Waals surface area contributed by atoms with Crippen LogP contribution in [-0.4, -0.2) is 60.7 Å². The molecule has 2 aliphatic heterocycles. The van der Waals surface area contributed by atoms with Crippen molar-refractivity contribution in [1.82, 2.24) is 9.21 Å². The molecular formula is C18H25N3O4S2. The summed E-state index contributed by atoms with van der Waals surface area (Å²) in [6, 6.07) is 6.21. The first kappa shape index (κ1) is 20.2. The Kier molecular flexibility index (Phi) is 6.12. The molecule has 0 saturated carbocycles. The van der Waals surface area contributed by atoms with Crippen LogP contribution in [0.2, 0.25) is 0 Å². The Morgan fingerprint density at radius 2 is 1.81 bits per heavy atom. The van der Waals surface area contributed by atoms with Gasteiger partial charge in [0.05, 0.1) is 4.90 Å². The zero-order valence-electron chi connectivity index (χ0n) is 15.6. The van der Waals surface area contributed by atoms with Gasteiger partial charge >= 0.3 is 0 Å². The van der Waals surface area contributed by atoms with E-state index in [-0.39, 0.29) is 22.6 Å². The molecule has 0 radical (unpaired) electrons. The number of hydrogen-bond acceptors (Lipinski definition) is 5. The molecular weight excluding hydrogens is 386 g/mol. The van der Waals surface area contributed by atoms with Gasteiger partial charge < -0.3 is 10.2 Å². The largest absolute Gasteiger partial charge is 0.325 e. The molecule has 1 aromatic rings. The van der Waals surface area contributed by atoms with E-state index >= 15 is 0 Å². The number of anilines is 1. The molecule has 9 heteroatoms. The van der Waals surface area contributed by atoms with Gasteiger partial charge in [0.25, 0.3) is 5.24 Å². The number of rotatable bonds is 5. The van der Waals surface area contributed by atoms with Crippen molar-refractivity contribution in [2.24, 2.45) is 11.8 Å². The maximum Gasteiger partial charge on any atom is 0.282 e. The van der Waals surface area contributed by atoms with Gasteiger partial charge in [-0.15, -0.1) is 0 Å². The van der Waals surface area contributed by atoms with Crippen molar-refractivity contribution in [3.63, 3.8) is 0 Å². The highest BCUT2D eigenvalue weighted by molar-refractivity contribution is 8.13. The van der Waals surface area contributed by atoms with Gasteiger partial charge in [-0.3, -0.25) is 9.59 Å². The molecule has 0 spiro atoms. The van der Waals surface area contributed by atoms with Crippen molar-refractivity contribution in [2.75, 3.05) is 37.2 Å². The zero-order chi connectivity index (χ0) is 19.6. The van der Waals surface area contributed by atoms with Crippen LogP contribution in [0, 0.1) is 11.8 Å². The Balaban J connectivity index is 1.64. The van der Waals surface area contributed by atoms with Gasteiger partial charge in [-0.2, -0.15) is 4.31 Å². The van der Waals surface area contributed by atoms with Gasteiger partial charge in [0, 0.05) is 31.1 Å². The standard InChI is InChI=1S/C18H25N3O4S2/c1-13-9-14(2)11-21(10-13)27(24,25)16-5-3-15(4-6-16)19-17(22)12-20-7-8-26-18(20)23/h3-6,13-14H,7-12H2,1-2H3,(H,19,22)/t13-,14+. The van der Waals surface area contributed by atoms with E-state index in [1.54, 1.807) is 16.4 Å². The molecule has 1 N–H and O–H groups in total. The molecule has 0 aromatic heterocycles. The highest BCUT2D eigenvalue weighted by atomic mass is 32.2. The first-order valence-corrected chi connectivity index (χ1v) is 11.5. The normalized spacial score (nSPS) is 24.2. The SMILES string of the molecule is C[C@@H]1C[C@H](C)CN(S(=O)(=O)c2ccc(NC(=O)CN3CCSC3=O)cc2)C1. The Morgan fingerprint density at radius 1 is 1.19 bits per heavy atom. The molecule has 2 heterocycles. The first-order valence-electron chi connectivity index (χ1n) is 9.07. The number of sulfonamides is 1. The fraction of sp³-hybridized carbons (Fsp3) is 0.556. The molecule has 3 rings (SSSR count). The summed E-state index contributed by atoms with van der Waals surface area (Å²) < 4.78 is 27.3. The topological polar surface area (TPSA) is 86.8 Å². The summed E-state index contributed by atoms with van der Waals surface area (Å²) in [5.41, 5.74) is 0.513. The summed E-state index contributed by atoms with van der Waals surface area (Å²) in [4.78, 5) is 25.4. The number of nitrogens with one attached hydrogen (secondary N) is 1. The summed E-state index contributed by atoms with van der Waals surface area (Å²) >= 11 is 1.21. The van der Waals surface area contributed by atoms with E-state index in [2.05, 4.69) is 19.2 Å². The average Bonchev–Trinajstić information content (AvgIpc) is 2.99. The third-order valence-electron chi connectivity index (χ3n) is 4.79. The van der Waals surface area contributed by atoms with Gasteiger partial charge in [-0.05, 0) is 42.5 Å². The van der Waals surface area contributed by atoms with Crippen LogP contribution in [0.3, 0.4) is 0 Å². The molecule has 7 nitrogen and oxygen atoms in total. The van der Waals surface area contributed by atoms with Crippen molar-refractivity contribution in [1.29, 1.82) is 0 Å². The fourth-order valence-electron chi connectivity index (χ4n) is 3.60. The Morgan fingerprint density at radius 3 is 2.37 bits per heavy atom. The molecule has 1 aromatic carbocycles. The van der Waals surface area contributed by atoms with E-state index in [4.69, 9.17) is 0 Å². The Hall–Kier alpha value is -1.58.